The molecule has 0 spiro atoms. The first-order chi connectivity index (χ1) is 9.09. The Hall–Kier alpha value is -1.49. The Kier molecular flexibility index (Phi) is 7.03. The minimum absolute atomic E-state index is 0.105. The molecule has 1 unspecified atom stereocenters. The summed E-state index contributed by atoms with van der Waals surface area (Å²) in [6.45, 7) is 2.20. The van der Waals surface area contributed by atoms with Crippen molar-refractivity contribution in [2.24, 2.45) is 0 Å². The van der Waals surface area contributed by atoms with Gasteiger partial charge in [0.15, 0.2) is 0 Å². The van der Waals surface area contributed by atoms with Crippen LogP contribution in [0.4, 0.5) is 0 Å². The molecule has 0 saturated heterocycles. The van der Waals surface area contributed by atoms with Gasteiger partial charge in [-0.2, -0.15) is 0 Å². The number of carboxylic acid groups (broad SMARTS) is 1. The molecule has 1 atom stereocenters. The molecule has 1 rings (SSSR count). The van der Waals surface area contributed by atoms with Crippen molar-refractivity contribution in [1.82, 2.24) is 5.32 Å². The first kappa shape index (κ1) is 15.6. The number of carbonyl (C=O) groups excluding carboxylic acids is 1. The zero-order valence-electron chi connectivity index (χ0n) is 11.0. The van der Waals surface area contributed by atoms with Gasteiger partial charge in [0.05, 0.1) is 11.0 Å². The normalized spacial score (nSPS) is 11.8. The Balaban J connectivity index is 2.09. The van der Waals surface area contributed by atoms with E-state index in [1.807, 2.05) is 18.2 Å². The lowest BCUT2D eigenvalue weighted by Gasteiger charge is -2.07. The molecule has 0 bridgehead atoms. The Morgan fingerprint density at radius 1 is 1.32 bits per heavy atom. The van der Waals surface area contributed by atoms with Crippen LogP contribution in [0, 0.1) is 0 Å². The predicted octanol–water partition coefficient (Wildman–Crippen LogP) is 1.94. The van der Waals surface area contributed by atoms with E-state index in [9.17, 15) is 9.59 Å². The average Bonchev–Trinajstić information content (AvgIpc) is 2.42. The van der Waals surface area contributed by atoms with Crippen molar-refractivity contribution in [1.29, 1.82) is 0 Å². The molecule has 104 valence electrons. The summed E-state index contributed by atoms with van der Waals surface area (Å²) in [5.41, 5.74) is 1.26. The minimum atomic E-state index is -0.887. The molecule has 19 heavy (non-hydrogen) atoms. The van der Waals surface area contributed by atoms with E-state index in [-0.39, 0.29) is 11.7 Å². The molecule has 0 radical (unpaired) electrons. The largest absolute Gasteiger partial charge is 0.480 e. The van der Waals surface area contributed by atoms with Gasteiger partial charge in [0.1, 0.15) is 0 Å². The van der Waals surface area contributed by atoms with E-state index < -0.39 is 11.2 Å². The van der Waals surface area contributed by atoms with Gasteiger partial charge < -0.3 is 10.4 Å². The van der Waals surface area contributed by atoms with Crippen LogP contribution in [0.25, 0.3) is 0 Å². The van der Waals surface area contributed by atoms with E-state index in [1.165, 1.54) is 5.56 Å². The molecule has 4 nitrogen and oxygen atoms in total. The van der Waals surface area contributed by atoms with Gasteiger partial charge in [-0.3, -0.25) is 9.59 Å². The molecule has 1 aromatic carbocycles. The highest BCUT2D eigenvalue weighted by atomic mass is 32.2. The molecule has 2 N–H and O–H groups in total. The van der Waals surface area contributed by atoms with Crippen molar-refractivity contribution in [3.8, 4) is 0 Å². The Morgan fingerprint density at radius 3 is 2.63 bits per heavy atom. The summed E-state index contributed by atoms with van der Waals surface area (Å²) in [6.07, 6.45) is 1.81. The molecule has 0 fully saturated rings. The summed E-state index contributed by atoms with van der Waals surface area (Å²) in [5.74, 6) is -0.799. The van der Waals surface area contributed by atoms with Crippen LogP contribution in [0.1, 0.15) is 18.9 Å². The first-order valence-corrected chi connectivity index (χ1v) is 7.29. The van der Waals surface area contributed by atoms with Crippen LogP contribution >= 0.6 is 11.8 Å². The number of nitrogens with one attached hydrogen (secondary N) is 1. The highest BCUT2D eigenvalue weighted by molar-refractivity contribution is 8.01. The Labute approximate surface area is 117 Å². The number of hydrogen-bond acceptors (Lipinski definition) is 3. The average molecular weight is 281 g/mol. The lowest BCUT2D eigenvalue weighted by molar-refractivity contribution is -0.136. The molecule has 0 aromatic heterocycles. The van der Waals surface area contributed by atoms with Crippen LogP contribution in [0.15, 0.2) is 30.3 Å². The molecule has 0 aliphatic carbocycles. The predicted molar refractivity (Wildman–Crippen MR) is 77.3 cm³/mol. The number of carbonyl (C=O) groups is 2. The summed E-state index contributed by atoms with van der Waals surface area (Å²) < 4.78 is 0. The van der Waals surface area contributed by atoms with Crippen molar-refractivity contribution in [2.75, 3.05) is 12.3 Å². The van der Waals surface area contributed by atoms with Gasteiger partial charge in [0.2, 0.25) is 5.91 Å². The second kappa shape index (κ2) is 8.58. The van der Waals surface area contributed by atoms with Gasteiger partial charge in [-0.15, -0.1) is 11.8 Å². The van der Waals surface area contributed by atoms with Crippen molar-refractivity contribution in [3.05, 3.63) is 35.9 Å². The molecule has 1 aromatic rings. The van der Waals surface area contributed by atoms with E-state index in [0.29, 0.717) is 6.54 Å². The van der Waals surface area contributed by atoms with Crippen molar-refractivity contribution >= 4 is 23.6 Å². The SMILES string of the molecule is CC(SCC(=O)NCCCc1ccccc1)C(=O)O. The summed E-state index contributed by atoms with van der Waals surface area (Å²) in [5, 5.41) is 10.9. The minimum Gasteiger partial charge on any atom is -0.480 e. The molecule has 0 heterocycles. The lowest BCUT2D eigenvalue weighted by Crippen LogP contribution is -2.28. The third-order valence-corrected chi connectivity index (χ3v) is 3.75. The van der Waals surface area contributed by atoms with Gasteiger partial charge >= 0.3 is 5.97 Å². The highest BCUT2D eigenvalue weighted by Crippen LogP contribution is 2.09. The number of hydrogen-bond donors (Lipinski definition) is 2. The summed E-state index contributed by atoms with van der Waals surface area (Å²) >= 11 is 1.14. The second-order valence-electron chi connectivity index (χ2n) is 4.23. The van der Waals surface area contributed by atoms with Gasteiger partial charge in [-0.05, 0) is 25.3 Å². The maximum atomic E-state index is 11.5. The zero-order chi connectivity index (χ0) is 14.1. The fourth-order valence-corrected chi connectivity index (χ4v) is 2.13. The number of aliphatic carboxylic acids is 1. The summed E-state index contributed by atoms with van der Waals surface area (Å²) in [7, 11) is 0. The van der Waals surface area contributed by atoms with Crippen molar-refractivity contribution < 1.29 is 14.7 Å². The molecule has 5 heteroatoms. The number of carboxylic acids is 1. The maximum Gasteiger partial charge on any atom is 0.316 e. The Bertz CT molecular complexity index is 408. The third-order valence-electron chi connectivity index (χ3n) is 2.62. The quantitative estimate of drug-likeness (QED) is 0.715. The molecule has 0 aliphatic heterocycles. The Morgan fingerprint density at radius 2 is 2.00 bits per heavy atom. The number of amides is 1. The van der Waals surface area contributed by atoms with Gasteiger partial charge in [-0.1, -0.05) is 30.3 Å². The third kappa shape index (κ3) is 6.86. The van der Waals surface area contributed by atoms with Crippen LogP contribution in [-0.2, 0) is 16.0 Å². The van der Waals surface area contributed by atoms with E-state index in [0.717, 1.165) is 24.6 Å². The van der Waals surface area contributed by atoms with Crippen LogP contribution < -0.4 is 5.32 Å². The molecule has 0 saturated carbocycles. The molecular weight excluding hydrogens is 262 g/mol. The monoisotopic (exact) mass is 281 g/mol. The number of aryl methyl sites for hydroxylation is 1. The zero-order valence-corrected chi connectivity index (χ0v) is 11.8. The maximum absolute atomic E-state index is 11.5. The van der Waals surface area contributed by atoms with E-state index in [2.05, 4.69) is 17.4 Å². The van der Waals surface area contributed by atoms with E-state index >= 15 is 0 Å². The standard InChI is InChI=1S/C14H19NO3S/c1-11(14(17)18)19-10-13(16)15-9-5-8-12-6-3-2-4-7-12/h2-4,6-7,11H,5,8-10H2,1H3,(H,15,16)(H,17,18). The molecule has 0 aliphatic rings. The molecular formula is C14H19NO3S. The van der Waals surface area contributed by atoms with E-state index in [1.54, 1.807) is 6.92 Å². The number of benzene rings is 1. The first-order valence-electron chi connectivity index (χ1n) is 6.24. The van der Waals surface area contributed by atoms with Crippen molar-refractivity contribution in [3.63, 3.8) is 0 Å². The fourth-order valence-electron chi connectivity index (χ4n) is 1.49. The number of rotatable bonds is 8. The van der Waals surface area contributed by atoms with Crippen LogP contribution in [0.3, 0.4) is 0 Å². The second-order valence-corrected chi connectivity index (χ2v) is 5.56. The van der Waals surface area contributed by atoms with Gasteiger partial charge in [-0.25, -0.2) is 0 Å². The highest BCUT2D eigenvalue weighted by Gasteiger charge is 2.12. The van der Waals surface area contributed by atoms with Crippen LogP contribution in [0.5, 0.6) is 0 Å². The number of thioether (sulfide) groups is 1. The van der Waals surface area contributed by atoms with E-state index in [4.69, 9.17) is 5.11 Å². The van der Waals surface area contributed by atoms with Crippen LogP contribution in [0.2, 0.25) is 0 Å². The fraction of sp³-hybridized carbons (Fsp3) is 0.429. The summed E-state index contributed by atoms with van der Waals surface area (Å²) in [4.78, 5) is 22.0. The summed E-state index contributed by atoms with van der Waals surface area (Å²) in [6, 6.07) is 10.1. The topological polar surface area (TPSA) is 66.4 Å². The van der Waals surface area contributed by atoms with Gasteiger partial charge in [0, 0.05) is 6.54 Å². The van der Waals surface area contributed by atoms with Crippen molar-refractivity contribution in [2.45, 2.75) is 25.0 Å². The lowest BCUT2D eigenvalue weighted by atomic mass is 10.1. The molecule has 1 amide bonds. The van der Waals surface area contributed by atoms with Gasteiger partial charge in [0.25, 0.3) is 0 Å². The van der Waals surface area contributed by atoms with Crippen LogP contribution in [-0.4, -0.2) is 34.5 Å². The smallest absolute Gasteiger partial charge is 0.316 e.